The zero-order valence-electron chi connectivity index (χ0n) is 11.3. The monoisotopic (exact) mass is 263 g/mol. The van der Waals surface area contributed by atoms with Crippen molar-refractivity contribution < 1.29 is 0 Å². The van der Waals surface area contributed by atoms with E-state index >= 15 is 0 Å². The number of hydrogen-bond donors (Lipinski definition) is 2. The van der Waals surface area contributed by atoms with Crippen LogP contribution in [0.2, 0.25) is 0 Å². The third-order valence-electron chi connectivity index (χ3n) is 3.27. The maximum absolute atomic E-state index is 4.24. The molecule has 98 valence electrons. The predicted octanol–water partition coefficient (Wildman–Crippen LogP) is 3.72. The highest BCUT2D eigenvalue weighted by Crippen LogP contribution is 2.24. The highest BCUT2D eigenvalue weighted by Gasteiger charge is 2.13. The van der Waals surface area contributed by atoms with E-state index in [0.29, 0.717) is 6.04 Å². The van der Waals surface area contributed by atoms with Crippen LogP contribution in [0.1, 0.15) is 47.6 Å². The molecule has 2 aromatic rings. The van der Waals surface area contributed by atoms with Crippen molar-refractivity contribution in [3.05, 3.63) is 39.3 Å². The van der Waals surface area contributed by atoms with Crippen LogP contribution in [0.15, 0.2) is 17.5 Å². The molecule has 4 heteroatoms. The zero-order valence-corrected chi connectivity index (χ0v) is 12.1. The maximum atomic E-state index is 4.24. The lowest BCUT2D eigenvalue weighted by atomic mass is 10.1. The van der Waals surface area contributed by atoms with Gasteiger partial charge in [0, 0.05) is 28.7 Å². The predicted molar refractivity (Wildman–Crippen MR) is 76.9 cm³/mol. The second-order valence-electron chi connectivity index (χ2n) is 4.65. The normalized spacial score (nSPS) is 12.8. The molecule has 2 N–H and O–H groups in total. The molecule has 0 saturated carbocycles. The van der Waals surface area contributed by atoms with E-state index in [9.17, 15) is 0 Å². The van der Waals surface area contributed by atoms with Crippen LogP contribution in [0.4, 0.5) is 0 Å². The molecular weight excluding hydrogens is 242 g/mol. The topological polar surface area (TPSA) is 40.7 Å². The molecule has 1 unspecified atom stereocenters. The standard InChI is InChI=1S/C14H21N3S/c1-4-6-13(14-7-5-8-18-14)15-9-12-10(2)16-17-11(12)3/h5,7-8,13,15H,4,6,9H2,1-3H3,(H,16,17). The molecule has 0 fully saturated rings. The van der Waals surface area contributed by atoms with Gasteiger partial charge in [-0.3, -0.25) is 5.10 Å². The van der Waals surface area contributed by atoms with Gasteiger partial charge in [0.25, 0.3) is 0 Å². The Balaban J connectivity index is 2.02. The number of aryl methyl sites for hydroxylation is 2. The van der Waals surface area contributed by atoms with E-state index in [4.69, 9.17) is 0 Å². The largest absolute Gasteiger partial charge is 0.305 e. The van der Waals surface area contributed by atoms with Gasteiger partial charge in [0.2, 0.25) is 0 Å². The first kappa shape index (κ1) is 13.3. The van der Waals surface area contributed by atoms with Gasteiger partial charge in [0.15, 0.2) is 0 Å². The summed E-state index contributed by atoms with van der Waals surface area (Å²) in [6, 6.07) is 4.80. The highest BCUT2D eigenvalue weighted by molar-refractivity contribution is 7.10. The van der Waals surface area contributed by atoms with Crippen molar-refractivity contribution in [1.82, 2.24) is 15.5 Å². The fourth-order valence-corrected chi connectivity index (χ4v) is 3.02. The number of nitrogens with one attached hydrogen (secondary N) is 2. The summed E-state index contributed by atoms with van der Waals surface area (Å²) in [7, 11) is 0. The first-order valence-corrected chi connectivity index (χ1v) is 7.37. The first-order valence-electron chi connectivity index (χ1n) is 6.49. The average molecular weight is 263 g/mol. The van der Waals surface area contributed by atoms with Gasteiger partial charge >= 0.3 is 0 Å². The minimum atomic E-state index is 0.462. The summed E-state index contributed by atoms with van der Waals surface area (Å²) in [5, 5.41) is 13.1. The molecular formula is C14H21N3S. The Labute approximate surface area is 113 Å². The van der Waals surface area contributed by atoms with Crippen molar-refractivity contribution in [1.29, 1.82) is 0 Å². The van der Waals surface area contributed by atoms with Gasteiger partial charge in [-0.05, 0) is 31.7 Å². The summed E-state index contributed by atoms with van der Waals surface area (Å²) in [4.78, 5) is 1.43. The minimum Gasteiger partial charge on any atom is -0.305 e. The number of aromatic amines is 1. The Hall–Kier alpha value is -1.13. The fourth-order valence-electron chi connectivity index (χ4n) is 2.18. The summed E-state index contributed by atoms with van der Waals surface area (Å²) in [5.74, 6) is 0. The lowest BCUT2D eigenvalue weighted by Gasteiger charge is -2.16. The quantitative estimate of drug-likeness (QED) is 0.834. The van der Waals surface area contributed by atoms with Crippen LogP contribution in [0, 0.1) is 13.8 Å². The van der Waals surface area contributed by atoms with Gasteiger partial charge in [0.1, 0.15) is 0 Å². The van der Waals surface area contributed by atoms with Crippen LogP contribution < -0.4 is 5.32 Å². The van der Waals surface area contributed by atoms with E-state index in [0.717, 1.165) is 12.2 Å². The van der Waals surface area contributed by atoms with Crippen LogP contribution in [-0.2, 0) is 6.54 Å². The second-order valence-corrected chi connectivity index (χ2v) is 5.63. The molecule has 2 rings (SSSR count). The van der Waals surface area contributed by atoms with Gasteiger partial charge in [-0.1, -0.05) is 19.4 Å². The van der Waals surface area contributed by atoms with E-state index in [1.54, 1.807) is 0 Å². The number of thiophene rings is 1. The van der Waals surface area contributed by atoms with Crippen molar-refractivity contribution in [2.45, 2.75) is 46.2 Å². The van der Waals surface area contributed by atoms with Crippen molar-refractivity contribution >= 4 is 11.3 Å². The molecule has 0 aliphatic carbocycles. The van der Waals surface area contributed by atoms with Crippen molar-refractivity contribution in [3.63, 3.8) is 0 Å². The molecule has 2 aromatic heterocycles. The maximum Gasteiger partial charge on any atom is 0.0638 e. The lowest BCUT2D eigenvalue weighted by Crippen LogP contribution is -2.20. The van der Waals surface area contributed by atoms with Gasteiger partial charge in [-0.25, -0.2) is 0 Å². The van der Waals surface area contributed by atoms with Crippen LogP contribution >= 0.6 is 11.3 Å². The second kappa shape index (κ2) is 6.16. The fraction of sp³-hybridized carbons (Fsp3) is 0.500. The van der Waals surface area contributed by atoms with E-state index in [1.807, 2.05) is 11.3 Å². The summed E-state index contributed by atoms with van der Waals surface area (Å²) in [6.45, 7) is 7.25. The molecule has 0 bridgehead atoms. The zero-order chi connectivity index (χ0) is 13.0. The van der Waals surface area contributed by atoms with Gasteiger partial charge < -0.3 is 5.32 Å². The Bertz CT molecular complexity index is 454. The lowest BCUT2D eigenvalue weighted by molar-refractivity contribution is 0.499. The smallest absolute Gasteiger partial charge is 0.0638 e. The number of nitrogens with zero attached hydrogens (tertiary/aromatic N) is 1. The van der Waals surface area contributed by atoms with Crippen LogP contribution in [-0.4, -0.2) is 10.2 Å². The molecule has 0 aliphatic heterocycles. The number of H-pyrrole nitrogens is 1. The summed E-state index contributed by atoms with van der Waals surface area (Å²) >= 11 is 1.83. The highest BCUT2D eigenvalue weighted by atomic mass is 32.1. The Morgan fingerprint density at radius 1 is 1.44 bits per heavy atom. The molecule has 0 amide bonds. The first-order chi connectivity index (χ1) is 8.72. The summed E-state index contributed by atoms with van der Waals surface area (Å²) in [5.41, 5.74) is 3.57. The number of aromatic nitrogens is 2. The number of hydrogen-bond acceptors (Lipinski definition) is 3. The molecule has 18 heavy (non-hydrogen) atoms. The van der Waals surface area contributed by atoms with Crippen LogP contribution in [0.3, 0.4) is 0 Å². The molecule has 0 aliphatic rings. The third-order valence-corrected chi connectivity index (χ3v) is 4.26. The Morgan fingerprint density at radius 2 is 2.28 bits per heavy atom. The van der Waals surface area contributed by atoms with E-state index < -0.39 is 0 Å². The van der Waals surface area contributed by atoms with E-state index in [-0.39, 0.29) is 0 Å². The van der Waals surface area contributed by atoms with Crippen molar-refractivity contribution in [3.8, 4) is 0 Å². The van der Waals surface area contributed by atoms with Gasteiger partial charge in [0.05, 0.1) is 5.69 Å². The van der Waals surface area contributed by atoms with E-state index in [1.165, 1.54) is 29.0 Å². The van der Waals surface area contributed by atoms with Crippen molar-refractivity contribution in [2.75, 3.05) is 0 Å². The van der Waals surface area contributed by atoms with Crippen molar-refractivity contribution in [2.24, 2.45) is 0 Å². The third kappa shape index (κ3) is 3.00. The molecule has 0 spiro atoms. The molecule has 1 atom stereocenters. The molecule has 0 aromatic carbocycles. The Kier molecular flexibility index (Phi) is 4.55. The average Bonchev–Trinajstić information content (AvgIpc) is 2.97. The molecule has 0 saturated heterocycles. The SMILES string of the molecule is CCCC(NCc1c(C)n[nH]c1C)c1cccs1. The summed E-state index contributed by atoms with van der Waals surface area (Å²) < 4.78 is 0. The van der Waals surface area contributed by atoms with Crippen LogP contribution in [0.25, 0.3) is 0 Å². The van der Waals surface area contributed by atoms with E-state index in [2.05, 4.69) is 53.8 Å². The Morgan fingerprint density at radius 3 is 2.83 bits per heavy atom. The van der Waals surface area contributed by atoms with Gasteiger partial charge in [-0.15, -0.1) is 11.3 Å². The molecule has 0 radical (unpaired) electrons. The van der Waals surface area contributed by atoms with Crippen LogP contribution in [0.5, 0.6) is 0 Å². The molecule has 2 heterocycles. The minimum absolute atomic E-state index is 0.462. The molecule has 3 nitrogen and oxygen atoms in total. The summed E-state index contributed by atoms with van der Waals surface area (Å²) in [6.07, 6.45) is 2.37. The number of rotatable bonds is 6. The van der Waals surface area contributed by atoms with Gasteiger partial charge in [-0.2, -0.15) is 5.10 Å².